The molecule has 5 nitrogen and oxygen atoms in total. The molecule has 8 heteroatoms. The van der Waals surface area contributed by atoms with Crippen molar-refractivity contribution >= 4 is 31.9 Å². The fourth-order valence-electron chi connectivity index (χ4n) is 2.29. The van der Waals surface area contributed by atoms with Gasteiger partial charge < -0.3 is 4.90 Å². The second-order valence-electron chi connectivity index (χ2n) is 5.28. The maximum absolute atomic E-state index is 14.0. The lowest BCUT2D eigenvalue weighted by molar-refractivity contribution is 0.0692. The Hall–Kier alpha value is -0.990. The normalized spacial score (nSPS) is 17.0. The quantitative estimate of drug-likeness (QED) is 0.855. The van der Waals surface area contributed by atoms with Crippen molar-refractivity contribution < 1.29 is 17.6 Å². The number of nitrogens with zero attached hydrogens (tertiary/aromatic N) is 1. The van der Waals surface area contributed by atoms with Crippen LogP contribution in [0.2, 0.25) is 0 Å². The first-order valence-electron chi connectivity index (χ1n) is 6.51. The minimum atomic E-state index is -4.03. The summed E-state index contributed by atoms with van der Waals surface area (Å²) in [6.45, 7) is 3.18. The Morgan fingerprint density at radius 3 is 2.48 bits per heavy atom. The minimum absolute atomic E-state index is 0.00585. The molecule has 0 spiro atoms. The molecular weight excluding hydrogens is 363 g/mol. The van der Waals surface area contributed by atoms with Gasteiger partial charge in [0.2, 0.25) is 10.0 Å². The third kappa shape index (κ3) is 3.61. The number of amides is 1. The molecule has 0 saturated carbocycles. The number of carbonyl (C=O) groups excluding carboxylic acids is 1. The Labute approximate surface area is 131 Å². The van der Waals surface area contributed by atoms with Crippen LogP contribution >= 0.6 is 15.9 Å². The van der Waals surface area contributed by atoms with Crippen molar-refractivity contribution in [3.8, 4) is 0 Å². The van der Waals surface area contributed by atoms with Crippen molar-refractivity contribution in [1.82, 2.24) is 4.90 Å². The topological polar surface area (TPSA) is 80.5 Å². The summed E-state index contributed by atoms with van der Waals surface area (Å²) < 4.78 is 36.9. The van der Waals surface area contributed by atoms with Crippen molar-refractivity contribution in [1.29, 1.82) is 0 Å². The van der Waals surface area contributed by atoms with E-state index < -0.39 is 21.7 Å². The standard InChI is InChI=1S/C13H16BrFN2O3S/c1-8-2-4-17(5-3-8)13(18)9-6-12(21(16,19)20)10(14)7-11(9)15/h6-8H,2-5H2,1H3,(H2,16,19,20). The molecule has 0 aromatic heterocycles. The SMILES string of the molecule is CC1CCN(C(=O)c2cc(S(N)(=O)=O)c(Br)cc2F)CC1. The van der Waals surface area contributed by atoms with E-state index in [-0.39, 0.29) is 14.9 Å². The van der Waals surface area contributed by atoms with E-state index in [1.807, 2.05) is 0 Å². The first-order valence-corrected chi connectivity index (χ1v) is 8.85. The van der Waals surface area contributed by atoms with Gasteiger partial charge in [-0.05, 0) is 46.8 Å². The number of nitrogens with two attached hydrogens (primary N) is 1. The first kappa shape index (κ1) is 16.4. The van der Waals surface area contributed by atoms with Gasteiger partial charge in [-0.15, -0.1) is 0 Å². The van der Waals surface area contributed by atoms with Crippen LogP contribution < -0.4 is 5.14 Å². The molecule has 2 rings (SSSR count). The third-order valence-electron chi connectivity index (χ3n) is 3.63. The van der Waals surface area contributed by atoms with E-state index in [9.17, 15) is 17.6 Å². The zero-order valence-electron chi connectivity index (χ0n) is 11.5. The highest BCUT2D eigenvalue weighted by molar-refractivity contribution is 9.10. The van der Waals surface area contributed by atoms with Gasteiger partial charge in [-0.2, -0.15) is 0 Å². The number of sulfonamides is 1. The van der Waals surface area contributed by atoms with Crippen LogP contribution in [0.5, 0.6) is 0 Å². The van der Waals surface area contributed by atoms with Crippen LogP contribution in [0.15, 0.2) is 21.5 Å². The molecule has 0 atom stereocenters. The predicted molar refractivity (Wildman–Crippen MR) is 79.8 cm³/mol. The lowest BCUT2D eigenvalue weighted by Crippen LogP contribution is -2.38. The van der Waals surface area contributed by atoms with E-state index >= 15 is 0 Å². The minimum Gasteiger partial charge on any atom is -0.339 e. The summed E-state index contributed by atoms with van der Waals surface area (Å²) in [7, 11) is -4.03. The van der Waals surface area contributed by atoms with Crippen LogP contribution in [0, 0.1) is 11.7 Å². The zero-order chi connectivity index (χ0) is 15.8. The van der Waals surface area contributed by atoms with Crippen molar-refractivity contribution in [2.75, 3.05) is 13.1 Å². The largest absolute Gasteiger partial charge is 0.339 e. The maximum Gasteiger partial charge on any atom is 0.256 e. The average Bonchev–Trinajstić information content (AvgIpc) is 2.37. The fourth-order valence-corrected chi connectivity index (χ4v) is 3.90. The summed E-state index contributed by atoms with van der Waals surface area (Å²) in [6.07, 6.45) is 1.71. The van der Waals surface area contributed by atoms with Crippen LogP contribution in [0.1, 0.15) is 30.1 Å². The number of likely N-dealkylation sites (tertiary alicyclic amines) is 1. The highest BCUT2D eigenvalue weighted by atomic mass is 79.9. The molecule has 0 bridgehead atoms. The van der Waals surface area contributed by atoms with Gasteiger partial charge in [0, 0.05) is 17.6 Å². The van der Waals surface area contributed by atoms with E-state index in [0.717, 1.165) is 25.0 Å². The molecule has 1 fully saturated rings. The van der Waals surface area contributed by atoms with Gasteiger partial charge >= 0.3 is 0 Å². The Kier molecular flexibility index (Phi) is 4.69. The molecule has 116 valence electrons. The molecule has 1 aliphatic heterocycles. The average molecular weight is 379 g/mol. The van der Waals surface area contributed by atoms with Gasteiger partial charge in [0.1, 0.15) is 5.82 Å². The molecule has 1 heterocycles. The second-order valence-corrected chi connectivity index (χ2v) is 7.67. The molecule has 0 radical (unpaired) electrons. The Morgan fingerprint density at radius 2 is 1.95 bits per heavy atom. The van der Waals surface area contributed by atoms with Crippen LogP contribution in [0.25, 0.3) is 0 Å². The first-order chi connectivity index (χ1) is 9.70. The van der Waals surface area contributed by atoms with Crippen molar-refractivity contribution in [3.63, 3.8) is 0 Å². The highest BCUT2D eigenvalue weighted by Crippen LogP contribution is 2.26. The van der Waals surface area contributed by atoms with Crippen molar-refractivity contribution in [2.24, 2.45) is 11.1 Å². The lowest BCUT2D eigenvalue weighted by atomic mass is 9.98. The molecule has 21 heavy (non-hydrogen) atoms. The molecule has 1 saturated heterocycles. The van der Waals surface area contributed by atoms with Gasteiger partial charge in [0.05, 0.1) is 10.5 Å². The van der Waals surface area contributed by atoms with Gasteiger partial charge in [0.25, 0.3) is 5.91 Å². The summed E-state index contributed by atoms with van der Waals surface area (Å²) in [6, 6.07) is 1.95. The number of halogens is 2. The molecule has 1 aromatic rings. The van der Waals surface area contributed by atoms with E-state index in [1.54, 1.807) is 4.90 Å². The number of piperidine rings is 1. The van der Waals surface area contributed by atoms with E-state index in [2.05, 4.69) is 22.9 Å². The summed E-state index contributed by atoms with van der Waals surface area (Å²) in [4.78, 5) is 13.6. The summed E-state index contributed by atoms with van der Waals surface area (Å²) >= 11 is 2.95. The van der Waals surface area contributed by atoms with Crippen molar-refractivity contribution in [2.45, 2.75) is 24.7 Å². The maximum atomic E-state index is 14.0. The molecule has 0 aliphatic carbocycles. The second kappa shape index (κ2) is 6.02. The van der Waals surface area contributed by atoms with Gasteiger partial charge in [0.15, 0.2) is 0 Å². The number of hydrogen-bond donors (Lipinski definition) is 1. The number of primary sulfonamides is 1. The Bertz CT molecular complexity index is 670. The Balaban J connectivity index is 2.37. The van der Waals surface area contributed by atoms with Crippen LogP contribution in [0.4, 0.5) is 4.39 Å². The number of rotatable bonds is 2. The van der Waals surface area contributed by atoms with Gasteiger partial charge in [-0.3, -0.25) is 4.79 Å². The zero-order valence-corrected chi connectivity index (χ0v) is 13.9. The number of benzene rings is 1. The van der Waals surface area contributed by atoms with Crippen molar-refractivity contribution in [3.05, 3.63) is 28.0 Å². The third-order valence-corrected chi connectivity index (χ3v) is 5.50. The molecular formula is C13H16BrFN2O3S. The predicted octanol–water partition coefficient (Wildman–Crippen LogP) is 2.11. The number of hydrogen-bond acceptors (Lipinski definition) is 3. The van der Waals surface area contributed by atoms with E-state index in [4.69, 9.17) is 5.14 Å². The summed E-state index contributed by atoms with van der Waals surface area (Å²) in [5.74, 6) is -0.738. The van der Waals surface area contributed by atoms with Crippen LogP contribution in [-0.4, -0.2) is 32.3 Å². The molecule has 1 aliphatic rings. The highest BCUT2D eigenvalue weighted by Gasteiger charge is 2.26. The Morgan fingerprint density at radius 1 is 1.38 bits per heavy atom. The number of carbonyl (C=O) groups is 1. The molecule has 1 aromatic carbocycles. The lowest BCUT2D eigenvalue weighted by Gasteiger charge is -2.30. The van der Waals surface area contributed by atoms with Gasteiger partial charge in [-0.25, -0.2) is 17.9 Å². The smallest absolute Gasteiger partial charge is 0.256 e. The van der Waals surface area contributed by atoms with Crippen LogP contribution in [-0.2, 0) is 10.0 Å². The fraction of sp³-hybridized carbons (Fsp3) is 0.462. The molecule has 0 unspecified atom stereocenters. The summed E-state index contributed by atoms with van der Waals surface area (Å²) in [5.41, 5.74) is -0.267. The molecule has 1 amide bonds. The van der Waals surface area contributed by atoms with E-state index in [0.29, 0.717) is 19.0 Å². The summed E-state index contributed by atoms with van der Waals surface area (Å²) in [5, 5.41) is 5.07. The van der Waals surface area contributed by atoms with Crippen LogP contribution in [0.3, 0.4) is 0 Å². The van der Waals surface area contributed by atoms with Gasteiger partial charge in [-0.1, -0.05) is 6.92 Å². The van der Waals surface area contributed by atoms with E-state index in [1.165, 1.54) is 0 Å². The monoisotopic (exact) mass is 378 g/mol. The molecule has 2 N–H and O–H groups in total.